The number of aromatic nitrogens is 6. The molecule has 0 radical (unpaired) electrons. The lowest BCUT2D eigenvalue weighted by Gasteiger charge is -2.18. The van der Waals surface area contributed by atoms with Crippen molar-refractivity contribution in [1.29, 1.82) is 5.26 Å². The standard InChI is InChI=1S/C27H30N8O/c1-16-25(21-10-8-19(13-28)9-11-21)33-34(14-20-6-7-20)26(16)31-22-12-23(30-15-29-22)35-18(3)24(17(2)32-35)27(4,5)36/h8-12,15,20,36H,6-7,14H2,1-5H3,(H,29,30,31). The third-order valence-corrected chi connectivity index (χ3v) is 6.62. The number of anilines is 2. The fourth-order valence-electron chi connectivity index (χ4n) is 4.77. The molecule has 9 nitrogen and oxygen atoms in total. The van der Waals surface area contributed by atoms with Gasteiger partial charge < -0.3 is 10.4 Å². The second-order valence-electron chi connectivity index (χ2n) is 10.0. The molecule has 1 fully saturated rings. The van der Waals surface area contributed by atoms with Gasteiger partial charge in [0.05, 0.1) is 28.6 Å². The Balaban J connectivity index is 1.51. The number of aryl methyl sites for hydroxylation is 1. The first kappa shape index (κ1) is 23.7. The monoisotopic (exact) mass is 482 g/mol. The Morgan fingerprint density at radius 1 is 1.11 bits per heavy atom. The van der Waals surface area contributed by atoms with Gasteiger partial charge in [-0.2, -0.15) is 15.5 Å². The summed E-state index contributed by atoms with van der Waals surface area (Å²) in [5.74, 6) is 2.76. The summed E-state index contributed by atoms with van der Waals surface area (Å²) in [4.78, 5) is 8.90. The van der Waals surface area contributed by atoms with Crippen LogP contribution >= 0.6 is 0 Å². The summed E-state index contributed by atoms with van der Waals surface area (Å²) in [6.07, 6.45) is 3.93. The van der Waals surface area contributed by atoms with Crippen LogP contribution in [0.3, 0.4) is 0 Å². The molecule has 184 valence electrons. The summed E-state index contributed by atoms with van der Waals surface area (Å²) in [5.41, 5.74) is 4.87. The van der Waals surface area contributed by atoms with E-state index in [1.54, 1.807) is 18.5 Å². The van der Waals surface area contributed by atoms with Crippen LogP contribution in [-0.2, 0) is 12.1 Å². The van der Waals surface area contributed by atoms with Crippen molar-refractivity contribution in [2.24, 2.45) is 5.92 Å². The van der Waals surface area contributed by atoms with Gasteiger partial charge in [-0.15, -0.1) is 0 Å². The van der Waals surface area contributed by atoms with Gasteiger partial charge in [0.25, 0.3) is 0 Å². The zero-order valence-electron chi connectivity index (χ0n) is 21.2. The van der Waals surface area contributed by atoms with E-state index in [4.69, 9.17) is 10.4 Å². The molecule has 0 aliphatic heterocycles. The second kappa shape index (κ2) is 8.88. The van der Waals surface area contributed by atoms with Crippen LogP contribution in [0.2, 0.25) is 0 Å². The number of benzene rings is 1. The van der Waals surface area contributed by atoms with Crippen molar-refractivity contribution < 1.29 is 5.11 Å². The summed E-state index contributed by atoms with van der Waals surface area (Å²) in [6, 6.07) is 11.5. The molecule has 1 aromatic carbocycles. The molecular weight excluding hydrogens is 452 g/mol. The molecule has 5 rings (SSSR count). The minimum absolute atomic E-state index is 0.613. The van der Waals surface area contributed by atoms with E-state index in [2.05, 4.69) is 26.5 Å². The quantitative estimate of drug-likeness (QED) is 0.392. The third kappa shape index (κ3) is 4.48. The van der Waals surface area contributed by atoms with E-state index in [0.717, 1.165) is 46.1 Å². The highest BCUT2D eigenvalue weighted by atomic mass is 16.3. The van der Waals surface area contributed by atoms with Gasteiger partial charge in [0, 0.05) is 35.0 Å². The predicted molar refractivity (Wildman–Crippen MR) is 137 cm³/mol. The molecule has 9 heteroatoms. The molecule has 0 bridgehead atoms. The molecule has 36 heavy (non-hydrogen) atoms. The number of nitrogens with zero attached hydrogens (tertiary/aromatic N) is 7. The third-order valence-electron chi connectivity index (χ3n) is 6.62. The maximum atomic E-state index is 10.6. The molecule has 0 saturated heterocycles. The largest absolute Gasteiger partial charge is 0.386 e. The summed E-state index contributed by atoms with van der Waals surface area (Å²) in [5, 5.41) is 32.8. The average Bonchev–Trinajstić information content (AvgIpc) is 3.54. The van der Waals surface area contributed by atoms with Crippen molar-refractivity contribution in [2.75, 3.05) is 5.32 Å². The van der Waals surface area contributed by atoms with Crippen LogP contribution in [0.5, 0.6) is 0 Å². The van der Waals surface area contributed by atoms with E-state index in [1.807, 2.05) is 55.8 Å². The zero-order chi connectivity index (χ0) is 25.6. The number of aliphatic hydroxyl groups is 1. The van der Waals surface area contributed by atoms with Gasteiger partial charge in [-0.3, -0.25) is 0 Å². The first-order valence-electron chi connectivity index (χ1n) is 12.1. The molecule has 1 aliphatic rings. The smallest absolute Gasteiger partial charge is 0.159 e. The van der Waals surface area contributed by atoms with Crippen LogP contribution in [0.4, 0.5) is 11.6 Å². The number of rotatable bonds is 7. The topological polar surface area (TPSA) is 117 Å². The summed E-state index contributed by atoms with van der Waals surface area (Å²) < 4.78 is 3.77. The Labute approximate surface area is 210 Å². The van der Waals surface area contributed by atoms with E-state index in [9.17, 15) is 5.11 Å². The van der Waals surface area contributed by atoms with Gasteiger partial charge in [-0.1, -0.05) is 12.1 Å². The van der Waals surface area contributed by atoms with Crippen molar-refractivity contribution in [3.63, 3.8) is 0 Å². The van der Waals surface area contributed by atoms with Crippen LogP contribution in [0, 0.1) is 38.0 Å². The van der Waals surface area contributed by atoms with Gasteiger partial charge in [0.1, 0.15) is 18.0 Å². The normalized spacial score (nSPS) is 13.6. The fourth-order valence-corrected chi connectivity index (χ4v) is 4.77. The lowest BCUT2D eigenvalue weighted by atomic mass is 9.96. The predicted octanol–water partition coefficient (Wildman–Crippen LogP) is 4.70. The Morgan fingerprint density at radius 3 is 2.44 bits per heavy atom. The van der Waals surface area contributed by atoms with Crippen molar-refractivity contribution in [3.05, 3.63) is 64.7 Å². The molecule has 0 atom stereocenters. The molecule has 0 amide bonds. The second-order valence-corrected chi connectivity index (χ2v) is 10.0. The van der Waals surface area contributed by atoms with Crippen molar-refractivity contribution in [2.45, 2.75) is 59.6 Å². The highest BCUT2D eigenvalue weighted by molar-refractivity contribution is 5.72. The van der Waals surface area contributed by atoms with Gasteiger partial charge in [-0.25, -0.2) is 19.3 Å². The van der Waals surface area contributed by atoms with E-state index in [-0.39, 0.29) is 0 Å². The summed E-state index contributed by atoms with van der Waals surface area (Å²) in [6.45, 7) is 10.2. The van der Waals surface area contributed by atoms with Gasteiger partial charge in [-0.05, 0) is 65.5 Å². The fraction of sp³-hybridized carbons (Fsp3) is 0.370. The van der Waals surface area contributed by atoms with Gasteiger partial charge >= 0.3 is 0 Å². The Bertz CT molecular complexity index is 1460. The summed E-state index contributed by atoms with van der Waals surface area (Å²) >= 11 is 0. The first-order chi connectivity index (χ1) is 17.2. The van der Waals surface area contributed by atoms with Crippen LogP contribution in [0.25, 0.3) is 17.1 Å². The zero-order valence-corrected chi connectivity index (χ0v) is 21.2. The minimum Gasteiger partial charge on any atom is -0.386 e. The number of nitriles is 1. The molecule has 3 aromatic heterocycles. The number of nitrogens with one attached hydrogen (secondary N) is 1. The highest BCUT2D eigenvalue weighted by Gasteiger charge is 2.27. The Morgan fingerprint density at radius 2 is 1.83 bits per heavy atom. The van der Waals surface area contributed by atoms with E-state index in [1.165, 1.54) is 19.2 Å². The van der Waals surface area contributed by atoms with E-state index < -0.39 is 5.60 Å². The van der Waals surface area contributed by atoms with Crippen LogP contribution in [0.1, 0.15) is 54.8 Å². The first-order valence-corrected chi connectivity index (χ1v) is 12.1. The Hall–Kier alpha value is -4.03. The van der Waals surface area contributed by atoms with E-state index >= 15 is 0 Å². The van der Waals surface area contributed by atoms with Crippen molar-refractivity contribution in [1.82, 2.24) is 29.5 Å². The molecule has 2 N–H and O–H groups in total. The average molecular weight is 483 g/mol. The molecule has 3 heterocycles. The van der Waals surface area contributed by atoms with Crippen molar-refractivity contribution in [3.8, 4) is 23.1 Å². The lowest BCUT2D eigenvalue weighted by molar-refractivity contribution is 0.0772. The molecule has 1 aliphatic carbocycles. The maximum absolute atomic E-state index is 10.6. The summed E-state index contributed by atoms with van der Waals surface area (Å²) in [7, 11) is 0. The SMILES string of the molecule is Cc1nn(-c2cc(Nc3c(C)c(-c4ccc(C#N)cc4)nn3CC3CC3)ncn2)c(C)c1C(C)(C)O. The lowest BCUT2D eigenvalue weighted by Crippen LogP contribution is -2.18. The van der Waals surface area contributed by atoms with Crippen LogP contribution in [0.15, 0.2) is 36.7 Å². The minimum atomic E-state index is -1.01. The van der Waals surface area contributed by atoms with Gasteiger partial charge in [0.15, 0.2) is 5.82 Å². The Kier molecular flexibility index (Phi) is 5.85. The van der Waals surface area contributed by atoms with E-state index in [0.29, 0.717) is 23.1 Å². The number of hydrogen-bond acceptors (Lipinski definition) is 7. The van der Waals surface area contributed by atoms with Crippen LogP contribution < -0.4 is 5.32 Å². The molecule has 0 spiro atoms. The van der Waals surface area contributed by atoms with Crippen LogP contribution in [-0.4, -0.2) is 34.6 Å². The highest BCUT2D eigenvalue weighted by Crippen LogP contribution is 2.36. The molecular formula is C27H30N8O. The molecule has 1 saturated carbocycles. The number of hydrogen-bond donors (Lipinski definition) is 2. The maximum Gasteiger partial charge on any atom is 0.159 e. The molecule has 4 aromatic rings. The molecule has 0 unspecified atom stereocenters. The van der Waals surface area contributed by atoms with Gasteiger partial charge in [0.2, 0.25) is 0 Å². The van der Waals surface area contributed by atoms with Crippen molar-refractivity contribution >= 4 is 11.6 Å².